The van der Waals surface area contributed by atoms with E-state index < -0.39 is 0 Å². The molecule has 3 rings (SSSR count). The van der Waals surface area contributed by atoms with Gasteiger partial charge in [0.1, 0.15) is 0 Å². The molecule has 0 heterocycles. The highest BCUT2D eigenvalue weighted by Gasteiger charge is 2.41. The molecule has 0 spiro atoms. The molecule has 1 aromatic carbocycles. The highest BCUT2D eigenvalue weighted by Crippen LogP contribution is 2.43. The number of benzene rings is 1. The standard InChI is InChI=1S/C15H19NO/c1-10-9-13(10)15(17)16-14(12-7-8-12)11-5-3-2-4-6-11/h2-6,10,12-14H,7-9H2,1H3,(H,16,17)/t10-,13-,14-/m1/s1. The van der Waals surface area contributed by atoms with Crippen molar-refractivity contribution in [3.05, 3.63) is 35.9 Å². The van der Waals surface area contributed by atoms with Gasteiger partial charge < -0.3 is 5.32 Å². The Balaban J connectivity index is 1.70. The van der Waals surface area contributed by atoms with E-state index in [0.717, 1.165) is 6.42 Å². The van der Waals surface area contributed by atoms with Gasteiger partial charge in [0.25, 0.3) is 0 Å². The smallest absolute Gasteiger partial charge is 0.223 e. The Morgan fingerprint density at radius 2 is 1.94 bits per heavy atom. The lowest BCUT2D eigenvalue weighted by Gasteiger charge is -2.18. The number of carbonyl (C=O) groups excluding carboxylic acids is 1. The molecule has 2 fully saturated rings. The topological polar surface area (TPSA) is 29.1 Å². The second kappa shape index (κ2) is 4.17. The Bertz CT molecular complexity index is 410. The van der Waals surface area contributed by atoms with E-state index >= 15 is 0 Å². The third-order valence-corrected chi connectivity index (χ3v) is 4.00. The van der Waals surface area contributed by atoms with Crippen LogP contribution in [0.1, 0.15) is 37.8 Å². The van der Waals surface area contributed by atoms with Crippen molar-refractivity contribution < 1.29 is 4.79 Å². The van der Waals surface area contributed by atoms with E-state index in [9.17, 15) is 4.79 Å². The van der Waals surface area contributed by atoms with Crippen molar-refractivity contribution in [3.63, 3.8) is 0 Å². The van der Waals surface area contributed by atoms with E-state index in [4.69, 9.17) is 0 Å². The van der Waals surface area contributed by atoms with Crippen molar-refractivity contribution in [1.29, 1.82) is 0 Å². The molecule has 2 aliphatic carbocycles. The van der Waals surface area contributed by atoms with Gasteiger partial charge >= 0.3 is 0 Å². The van der Waals surface area contributed by atoms with Crippen LogP contribution in [0.2, 0.25) is 0 Å². The van der Waals surface area contributed by atoms with Crippen molar-refractivity contribution in [2.75, 3.05) is 0 Å². The minimum atomic E-state index is 0.247. The van der Waals surface area contributed by atoms with E-state index in [1.165, 1.54) is 18.4 Å². The van der Waals surface area contributed by atoms with Crippen LogP contribution in [-0.4, -0.2) is 5.91 Å². The summed E-state index contributed by atoms with van der Waals surface area (Å²) >= 11 is 0. The summed E-state index contributed by atoms with van der Waals surface area (Å²) in [4.78, 5) is 12.0. The molecule has 0 bridgehead atoms. The largest absolute Gasteiger partial charge is 0.349 e. The Hall–Kier alpha value is -1.31. The summed E-state index contributed by atoms with van der Waals surface area (Å²) in [6.07, 6.45) is 3.57. The fourth-order valence-corrected chi connectivity index (χ4v) is 2.51. The molecule has 1 N–H and O–H groups in total. The molecule has 2 nitrogen and oxygen atoms in total. The van der Waals surface area contributed by atoms with Gasteiger partial charge in [-0.15, -0.1) is 0 Å². The van der Waals surface area contributed by atoms with E-state index in [1.807, 2.05) is 6.07 Å². The molecule has 0 unspecified atom stereocenters. The zero-order valence-corrected chi connectivity index (χ0v) is 10.2. The fraction of sp³-hybridized carbons (Fsp3) is 0.533. The second-order valence-corrected chi connectivity index (χ2v) is 5.55. The van der Waals surface area contributed by atoms with Crippen LogP contribution < -0.4 is 5.32 Å². The van der Waals surface area contributed by atoms with E-state index in [1.54, 1.807) is 0 Å². The zero-order chi connectivity index (χ0) is 11.8. The van der Waals surface area contributed by atoms with Crippen LogP contribution in [0.25, 0.3) is 0 Å². The van der Waals surface area contributed by atoms with Gasteiger partial charge in [0.2, 0.25) is 5.91 Å². The second-order valence-electron chi connectivity index (χ2n) is 5.55. The van der Waals surface area contributed by atoms with Crippen molar-refractivity contribution >= 4 is 5.91 Å². The summed E-state index contributed by atoms with van der Waals surface area (Å²) in [5, 5.41) is 3.25. The number of rotatable bonds is 4. The predicted octanol–water partition coefficient (Wildman–Crippen LogP) is 2.91. The van der Waals surface area contributed by atoms with Gasteiger partial charge in [-0.25, -0.2) is 0 Å². The molecular formula is C15H19NO. The summed E-state index contributed by atoms with van der Waals surface area (Å²) in [6.45, 7) is 2.15. The van der Waals surface area contributed by atoms with E-state index in [2.05, 4.69) is 36.5 Å². The Morgan fingerprint density at radius 3 is 2.47 bits per heavy atom. The summed E-state index contributed by atoms with van der Waals surface area (Å²) in [5.74, 6) is 1.79. The van der Waals surface area contributed by atoms with Crippen LogP contribution in [0.15, 0.2) is 30.3 Å². The minimum absolute atomic E-state index is 0.247. The van der Waals surface area contributed by atoms with Crippen molar-refractivity contribution in [1.82, 2.24) is 5.32 Å². The van der Waals surface area contributed by atoms with Crippen LogP contribution in [0.3, 0.4) is 0 Å². The van der Waals surface area contributed by atoms with Crippen LogP contribution in [-0.2, 0) is 4.79 Å². The first-order valence-corrected chi connectivity index (χ1v) is 6.61. The molecule has 3 atom stereocenters. The Kier molecular flexibility index (Phi) is 2.65. The van der Waals surface area contributed by atoms with Gasteiger partial charge in [0.05, 0.1) is 6.04 Å². The van der Waals surface area contributed by atoms with Gasteiger partial charge in [-0.3, -0.25) is 4.79 Å². The van der Waals surface area contributed by atoms with Gasteiger partial charge in [0, 0.05) is 5.92 Å². The van der Waals surface area contributed by atoms with Gasteiger partial charge in [-0.1, -0.05) is 37.3 Å². The average Bonchev–Trinajstić information content (AvgIpc) is 3.22. The molecular weight excluding hydrogens is 210 g/mol. The SMILES string of the molecule is C[C@@H]1C[C@H]1C(=O)N[C@H](c1ccccc1)C1CC1. The molecule has 1 amide bonds. The lowest BCUT2D eigenvalue weighted by Crippen LogP contribution is -2.31. The molecule has 2 saturated carbocycles. The number of carbonyl (C=O) groups is 1. The van der Waals surface area contributed by atoms with Gasteiger partial charge in [-0.2, -0.15) is 0 Å². The Labute approximate surface area is 102 Å². The van der Waals surface area contributed by atoms with Crippen LogP contribution in [0, 0.1) is 17.8 Å². The normalized spacial score (nSPS) is 28.5. The highest BCUT2D eigenvalue weighted by atomic mass is 16.2. The molecule has 0 saturated heterocycles. The third kappa shape index (κ3) is 2.36. The van der Waals surface area contributed by atoms with Crippen molar-refractivity contribution in [3.8, 4) is 0 Å². The maximum Gasteiger partial charge on any atom is 0.223 e. The summed E-state index contributed by atoms with van der Waals surface area (Å²) in [7, 11) is 0. The number of nitrogens with one attached hydrogen (secondary N) is 1. The molecule has 1 aromatic rings. The van der Waals surface area contributed by atoms with Gasteiger partial charge in [-0.05, 0) is 36.7 Å². The summed E-state index contributed by atoms with van der Waals surface area (Å²) in [5.41, 5.74) is 1.26. The van der Waals surface area contributed by atoms with E-state index in [-0.39, 0.29) is 17.9 Å². The van der Waals surface area contributed by atoms with E-state index in [0.29, 0.717) is 11.8 Å². The molecule has 0 aromatic heterocycles. The maximum atomic E-state index is 12.0. The molecule has 2 aliphatic rings. The molecule has 2 heteroatoms. The first-order chi connectivity index (χ1) is 8.25. The number of hydrogen-bond acceptors (Lipinski definition) is 1. The average molecular weight is 229 g/mol. The van der Waals surface area contributed by atoms with Crippen molar-refractivity contribution in [2.24, 2.45) is 17.8 Å². The maximum absolute atomic E-state index is 12.0. The quantitative estimate of drug-likeness (QED) is 0.845. The first kappa shape index (κ1) is 10.8. The summed E-state index contributed by atoms with van der Waals surface area (Å²) in [6, 6.07) is 10.6. The highest BCUT2D eigenvalue weighted by molar-refractivity contribution is 5.81. The monoisotopic (exact) mass is 229 g/mol. The fourth-order valence-electron chi connectivity index (χ4n) is 2.51. The van der Waals surface area contributed by atoms with Crippen LogP contribution in [0.5, 0.6) is 0 Å². The predicted molar refractivity (Wildman–Crippen MR) is 67.3 cm³/mol. The molecule has 90 valence electrons. The van der Waals surface area contributed by atoms with Gasteiger partial charge in [0.15, 0.2) is 0 Å². The zero-order valence-electron chi connectivity index (χ0n) is 10.2. The lowest BCUT2D eigenvalue weighted by atomic mass is 10.0. The molecule has 0 radical (unpaired) electrons. The Morgan fingerprint density at radius 1 is 1.29 bits per heavy atom. The minimum Gasteiger partial charge on any atom is -0.349 e. The lowest BCUT2D eigenvalue weighted by molar-refractivity contribution is -0.123. The first-order valence-electron chi connectivity index (χ1n) is 6.61. The van der Waals surface area contributed by atoms with Crippen LogP contribution in [0.4, 0.5) is 0 Å². The molecule has 0 aliphatic heterocycles. The third-order valence-electron chi connectivity index (χ3n) is 4.00. The number of amides is 1. The molecule has 17 heavy (non-hydrogen) atoms. The summed E-state index contributed by atoms with van der Waals surface area (Å²) < 4.78 is 0. The number of hydrogen-bond donors (Lipinski definition) is 1. The van der Waals surface area contributed by atoms with Crippen molar-refractivity contribution in [2.45, 2.75) is 32.2 Å². The van der Waals surface area contributed by atoms with Crippen LogP contribution >= 0.6 is 0 Å².